The highest BCUT2D eigenvalue weighted by Crippen LogP contribution is 2.28. The molecule has 7 heteroatoms. The average molecular weight is 396 g/mol. The standard InChI is InChI=1S/C22H28N4O3/c1-13(2)21-20-14(3)11-19(24-22(20)26(5)25-21)29-12-18(27)23-15(4)16-7-9-17(28-6)10-8-16/h7-11,13,15H,12H2,1-6H3,(H,23,27)/t15-/m0/s1. The van der Waals surface area contributed by atoms with Crippen LogP contribution in [0, 0.1) is 6.92 Å². The molecular formula is C22H28N4O3. The third-order valence-electron chi connectivity index (χ3n) is 4.89. The summed E-state index contributed by atoms with van der Waals surface area (Å²) in [5.74, 6) is 1.29. The molecule has 3 aromatic rings. The second-order valence-electron chi connectivity index (χ2n) is 7.49. The van der Waals surface area contributed by atoms with Gasteiger partial charge in [0.2, 0.25) is 5.88 Å². The van der Waals surface area contributed by atoms with E-state index in [4.69, 9.17) is 9.47 Å². The van der Waals surface area contributed by atoms with Crippen molar-refractivity contribution in [2.45, 2.75) is 39.7 Å². The van der Waals surface area contributed by atoms with E-state index in [1.54, 1.807) is 11.8 Å². The lowest BCUT2D eigenvalue weighted by Gasteiger charge is -2.15. The van der Waals surface area contributed by atoms with Gasteiger partial charge < -0.3 is 14.8 Å². The van der Waals surface area contributed by atoms with Crippen LogP contribution in [0.4, 0.5) is 0 Å². The minimum Gasteiger partial charge on any atom is -0.497 e. The number of ether oxygens (including phenoxy) is 2. The van der Waals surface area contributed by atoms with Crippen LogP contribution < -0.4 is 14.8 Å². The maximum absolute atomic E-state index is 12.3. The molecule has 2 heterocycles. The van der Waals surface area contributed by atoms with Gasteiger partial charge in [0.1, 0.15) is 5.75 Å². The van der Waals surface area contributed by atoms with E-state index >= 15 is 0 Å². The number of carbonyl (C=O) groups is 1. The molecule has 0 aliphatic carbocycles. The maximum atomic E-state index is 12.3. The molecule has 3 rings (SSSR count). The van der Waals surface area contributed by atoms with E-state index in [0.717, 1.165) is 33.6 Å². The van der Waals surface area contributed by atoms with Crippen LogP contribution in [0.3, 0.4) is 0 Å². The Labute approximate surface area is 171 Å². The van der Waals surface area contributed by atoms with Crippen molar-refractivity contribution in [1.29, 1.82) is 0 Å². The Hall–Kier alpha value is -3.09. The molecule has 0 fully saturated rings. The summed E-state index contributed by atoms with van der Waals surface area (Å²) in [7, 11) is 3.49. The van der Waals surface area contributed by atoms with Crippen molar-refractivity contribution in [2.24, 2.45) is 7.05 Å². The molecule has 29 heavy (non-hydrogen) atoms. The fourth-order valence-corrected chi connectivity index (χ4v) is 3.31. The first-order valence-electron chi connectivity index (χ1n) is 9.70. The Morgan fingerprint density at radius 2 is 1.90 bits per heavy atom. The molecule has 0 aliphatic rings. The molecule has 0 bridgehead atoms. The number of pyridine rings is 1. The number of amides is 1. The summed E-state index contributed by atoms with van der Waals surface area (Å²) in [5.41, 5.74) is 3.81. The number of nitrogens with one attached hydrogen (secondary N) is 1. The van der Waals surface area contributed by atoms with Gasteiger partial charge in [-0.1, -0.05) is 26.0 Å². The van der Waals surface area contributed by atoms with Crippen molar-refractivity contribution in [3.63, 3.8) is 0 Å². The first-order valence-corrected chi connectivity index (χ1v) is 9.70. The molecule has 1 aromatic carbocycles. The zero-order valence-corrected chi connectivity index (χ0v) is 17.8. The Balaban J connectivity index is 1.66. The summed E-state index contributed by atoms with van der Waals surface area (Å²) >= 11 is 0. The SMILES string of the molecule is COc1ccc([C@H](C)NC(=O)COc2cc(C)c3c(C(C)C)nn(C)c3n2)cc1. The second kappa shape index (κ2) is 8.51. The van der Waals surface area contributed by atoms with Gasteiger partial charge in [-0.2, -0.15) is 10.1 Å². The Kier molecular flexibility index (Phi) is 6.06. The smallest absolute Gasteiger partial charge is 0.258 e. The van der Waals surface area contributed by atoms with E-state index in [9.17, 15) is 4.79 Å². The third kappa shape index (κ3) is 4.50. The Bertz CT molecular complexity index is 1010. The first kappa shape index (κ1) is 20.6. The van der Waals surface area contributed by atoms with Crippen LogP contribution in [0.25, 0.3) is 11.0 Å². The fraction of sp³-hybridized carbons (Fsp3) is 0.409. The Morgan fingerprint density at radius 3 is 2.52 bits per heavy atom. The van der Waals surface area contributed by atoms with E-state index in [-0.39, 0.29) is 18.6 Å². The number of hydrogen-bond acceptors (Lipinski definition) is 5. The number of methoxy groups -OCH3 is 1. The van der Waals surface area contributed by atoms with Crippen LogP contribution in [0.5, 0.6) is 11.6 Å². The van der Waals surface area contributed by atoms with E-state index in [2.05, 4.69) is 29.2 Å². The van der Waals surface area contributed by atoms with E-state index in [1.165, 1.54) is 0 Å². The number of carbonyl (C=O) groups excluding carboxylic acids is 1. The van der Waals surface area contributed by atoms with E-state index < -0.39 is 0 Å². The second-order valence-corrected chi connectivity index (χ2v) is 7.49. The van der Waals surface area contributed by atoms with Gasteiger partial charge >= 0.3 is 0 Å². The van der Waals surface area contributed by atoms with Crippen LogP contribution in [0.1, 0.15) is 49.6 Å². The van der Waals surface area contributed by atoms with Gasteiger partial charge in [-0.3, -0.25) is 9.48 Å². The number of hydrogen-bond donors (Lipinski definition) is 1. The minimum absolute atomic E-state index is 0.104. The minimum atomic E-state index is -0.208. The van der Waals surface area contributed by atoms with Crippen molar-refractivity contribution in [3.05, 3.63) is 47.2 Å². The highest BCUT2D eigenvalue weighted by Gasteiger charge is 2.17. The molecule has 0 saturated heterocycles. The van der Waals surface area contributed by atoms with Crippen LogP contribution in [0.15, 0.2) is 30.3 Å². The summed E-state index contributed by atoms with van der Waals surface area (Å²) in [6.07, 6.45) is 0. The third-order valence-corrected chi connectivity index (χ3v) is 4.89. The topological polar surface area (TPSA) is 78.3 Å². The summed E-state index contributed by atoms with van der Waals surface area (Å²) in [6, 6.07) is 9.32. The van der Waals surface area contributed by atoms with E-state index in [0.29, 0.717) is 11.8 Å². The molecule has 1 atom stereocenters. The van der Waals surface area contributed by atoms with E-state index in [1.807, 2.05) is 51.2 Å². The monoisotopic (exact) mass is 396 g/mol. The molecule has 1 amide bonds. The summed E-state index contributed by atoms with van der Waals surface area (Å²) in [6.45, 7) is 8.06. The summed E-state index contributed by atoms with van der Waals surface area (Å²) < 4.78 is 12.6. The number of nitrogens with zero attached hydrogens (tertiary/aromatic N) is 3. The highest BCUT2D eigenvalue weighted by atomic mass is 16.5. The van der Waals surface area contributed by atoms with Crippen molar-refractivity contribution < 1.29 is 14.3 Å². The van der Waals surface area contributed by atoms with Gasteiger partial charge in [-0.15, -0.1) is 0 Å². The van der Waals surface area contributed by atoms with Gasteiger partial charge in [0, 0.05) is 18.5 Å². The predicted octanol–water partition coefficient (Wildman–Crippen LogP) is 3.66. The zero-order chi connectivity index (χ0) is 21.1. The van der Waals surface area contributed by atoms with Crippen LogP contribution in [-0.2, 0) is 11.8 Å². The number of fused-ring (bicyclic) bond motifs is 1. The molecular weight excluding hydrogens is 368 g/mol. The molecule has 0 aliphatic heterocycles. The molecule has 154 valence electrons. The van der Waals surface area contributed by atoms with Gasteiger partial charge in [0.15, 0.2) is 12.3 Å². The van der Waals surface area contributed by atoms with Crippen molar-refractivity contribution in [2.75, 3.05) is 13.7 Å². The molecule has 2 aromatic heterocycles. The Morgan fingerprint density at radius 1 is 1.21 bits per heavy atom. The molecule has 0 radical (unpaired) electrons. The first-order chi connectivity index (χ1) is 13.8. The number of aromatic nitrogens is 3. The fourth-order valence-electron chi connectivity index (χ4n) is 3.31. The molecule has 1 N–H and O–H groups in total. The predicted molar refractivity (Wildman–Crippen MR) is 112 cm³/mol. The molecule has 0 saturated carbocycles. The van der Waals surface area contributed by atoms with Gasteiger partial charge in [-0.25, -0.2) is 0 Å². The van der Waals surface area contributed by atoms with Gasteiger partial charge in [0.25, 0.3) is 5.91 Å². The lowest BCUT2D eigenvalue weighted by molar-refractivity contribution is -0.123. The lowest BCUT2D eigenvalue weighted by atomic mass is 10.0. The summed E-state index contributed by atoms with van der Waals surface area (Å²) in [4.78, 5) is 16.9. The molecule has 0 unspecified atom stereocenters. The normalized spacial score (nSPS) is 12.2. The van der Waals surface area contributed by atoms with Crippen LogP contribution >= 0.6 is 0 Å². The van der Waals surface area contributed by atoms with Crippen molar-refractivity contribution in [1.82, 2.24) is 20.1 Å². The summed E-state index contributed by atoms with van der Waals surface area (Å²) in [5, 5.41) is 8.57. The molecule has 7 nitrogen and oxygen atoms in total. The zero-order valence-electron chi connectivity index (χ0n) is 17.8. The number of rotatable bonds is 7. The van der Waals surface area contributed by atoms with Crippen LogP contribution in [0.2, 0.25) is 0 Å². The van der Waals surface area contributed by atoms with Crippen molar-refractivity contribution >= 4 is 16.9 Å². The number of aryl methyl sites for hydroxylation is 2. The quantitative estimate of drug-likeness (QED) is 0.659. The maximum Gasteiger partial charge on any atom is 0.258 e. The largest absolute Gasteiger partial charge is 0.497 e. The number of benzene rings is 1. The van der Waals surface area contributed by atoms with Crippen molar-refractivity contribution in [3.8, 4) is 11.6 Å². The van der Waals surface area contributed by atoms with Gasteiger partial charge in [0.05, 0.1) is 18.8 Å². The molecule has 0 spiro atoms. The lowest BCUT2D eigenvalue weighted by Crippen LogP contribution is -2.31. The average Bonchev–Trinajstić information content (AvgIpc) is 3.04. The highest BCUT2D eigenvalue weighted by molar-refractivity contribution is 5.83. The van der Waals surface area contributed by atoms with Gasteiger partial charge in [-0.05, 0) is 43.0 Å². The van der Waals surface area contributed by atoms with Crippen LogP contribution in [-0.4, -0.2) is 34.4 Å².